The summed E-state index contributed by atoms with van der Waals surface area (Å²) in [7, 11) is 0. The topological polar surface area (TPSA) is 35.5 Å². The lowest BCUT2D eigenvalue weighted by Crippen LogP contribution is -2.31. The number of carbonyl (C=O) groups excluding carboxylic acids is 1. The van der Waals surface area contributed by atoms with Gasteiger partial charge in [0.15, 0.2) is 12.1 Å². The first kappa shape index (κ1) is 14.9. The molecule has 1 aromatic rings. The minimum atomic E-state index is -0.405. The molecule has 1 fully saturated rings. The molecule has 0 amide bonds. The van der Waals surface area contributed by atoms with Gasteiger partial charge in [-0.1, -0.05) is 42.5 Å². The molecular formula is C17H22O3. The smallest absolute Gasteiger partial charge is 0.158 e. The standard InChI is InChI=1S/C17H22O3/c1-14(18)16(20-17-12-5-6-13-19-17)11-7-10-15-8-3-2-4-9-15/h2-4,7-10,16-17H,5-6,11-13H2,1H3/b10-7+. The SMILES string of the molecule is CC(=O)C(C/C=C/c1ccccc1)OC1CCCCO1. The summed E-state index contributed by atoms with van der Waals surface area (Å²) in [6, 6.07) is 10.0. The average molecular weight is 274 g/mol. The second-order valence-electron chi connectivity index (χ2n) is 5.08. The molecule has 0 saturated carbocycles. The molecule has 3 heteroatoms. The van der Waals surface area contributed by atoms with Gasteiger partial charge in [-0.05, 0) is 38.2 Å². The Labute approximate surface area is 120 Å². The second kappa shape index (κ2) is 7.98. The summed E-state index contributed by atoms with van der Waals surface area (Å²) in [6.45, 7) is 2.30. The van der Waals surface area contributed by atoms with Crippen LogP contribution in [0.1, 0.15) is 38.2 Å². The van der Waals surface area contributed by atoms with Crippen molar-refractivity contribution in [1.29, 1.82) is 0 Å². The van der Waals surface area contributed by atoms with E-state index in [2.05, 4.69) is 0 Å². The molecule has 1 aliphatic rings. The van der Waals surface area contributed by atoms with Gasteiger partial charge in [0.25, 0.3) is 0 Å². The fourth-order valence-electron chi connectivity index (χ4n) is 2.21. The fraction of sp³-hybridized carbons (Fsp3) is 0.471. The quantitative estimate of drug-likeness (QED) is 0.795. The highest BCUT2D eigenvalue weighted by molar-refractivity contribution is 5.80. The third-order valence-corrected chi connectivity index (χ3v) is 3.37. The number of Topliss-reactive ketones (excluding diaryl/α,β-unsaturated/α-hetero) is 1. The van der Waals surface area contributed by atoms with Crippen LogP contribution in [0.25, 0.3) is 6.08 Å². The number of carbonyl (C=O) groups is 1. The summed E-state index contributed by atoms with van der Waals surface area (Å²) in [5, 5.41) is 0. The molecule has 0 aromatic heterocycles. The molecule has 1 saturated heterocycles. The van der Waals surface area contributed by atoms with Crippen molar-refractivity contribution in [3.8, 4) is 0 Å². The van der Waals surface area contributed by atoms with E-state index in [4.69, 9.17) is 9.47 Å². The Bertz CT molecular complexity index is 433. The van der Waals surface area contributed by atoms with Gasteiger partial charge in [0, 0.05) is 6.61 Å². The number of hydrogen-bond acceptors (Lipinski definition) is 3. The normalized spacial score (nSPS) is 20.9. The molecule has 0 aliphatic carbocycles. The highest BCUT2D eigenvalue weighted by atomic mass is 16.7. The monoisotopic (exact) mass is 274 g/mol. The van der Waals surface area contributed by atoms with Gasteiger partial charge in [-0.25, -0.2) is 0 Å². The van der Waals surface area contributed by atoms with E-state index in [1.807, 2.05) is 42.5 Å². The van der Waals surface area contributed by atoms with Crippen LogP contribution in [0.5, 0.6) is 0 Å². The zero-order chi connectivity index (χ0) is 14.2. The van der Waals surface area contributed by atoms with E-state index in [0.29, 0.717) is 6.42 Å². The second-order valence-corrected chi connectivity index (χ2v) is 5.08. The lowest BCUT2D eigenvalue weighted by molar-refractivity contribution is -0.189. The van der Waals surface area contributed by atoms with E-state index in [-0.39, 0.29) is 12.1 Å². The summed E-state index contributed by atoms with van der Waals surface area (Å²) in [5.41, 5.74) is 1.13. The maximum absolute atomic E-state index is 11.6. The van der Waals surface area contributed by atoms with E-state index >= 15 is 0 Å². The Balaban J connectivity index is 1.85. The van der Waals surface area contributed by atoms with Crippen LogP contribution in [0.4, 0.5) is 0 Å². The van der Waals surface area contributed by atoms with Crippen molar-refractivity contribution in [2.45, 2.75) is 45.0 Å². The van der Waals surface area contributed by atoms with Gasteiger partial charge in [0.2, 0.25) is 0 Å². The molecule has 0 radical (unpaired) electrons. The molecule has 1 aliphatic heterocycles. The van der Waals surface area contributed by atoms with Gasteiger partial charge in [-0.2, -0.15) is 0 Å². The first-order valence-corrected chi connectivity index (χ1v) is 7.25. The van der Waals surface area contributed by atoms with Gasteiger partial charge in [0.1, 0.15) is 6.10 Å². The van der Waals surface area contributed by atoms with Crippen LogP contribution in [0.3, 0.4) is 0 Å². The van der Waals surface area contributed by atoms with Crippen LogP contribution in [0.15, 0.2) is 36.4 Å². The van der Waals surface area contributed by atoms with Crippen LogP contribution in [0.2, 0.25) is 0 Å². The molecule has 3 nitrogen and oxygen atoms in total. The zero-order valence-electron chi connectivity index (χ0n) is 12.0. The molecule has 108 valence electrons. The molecule has 1 heterocycles. The van der Waals surface area contributed by atoms with Crippen molar-refractivity contribution in [3.05, 3.63) is 42.0 Å². The predicted molar refractivity (Wildman–Crippen MR) is 79.2 cm³/mol. The predicted octanol–water partition coefficient (Wildman–Crippen LogP) is 3.59. The van der Waals surface area contributed by atoms with Crippen LogP contribution in [0, 0.1) is 0 Å². The van der Waals surface area contributed by atoms with Crippen LogP contribution in [-0.4, -0.2) is 24.8 Å². The fourth-order valence-corrected chi connectivity index (χ4v) is 2.21. The lowest BCUT2D eigenvalue weighted by Gasteiger charge is -2.26. The molecule has 0 bridgehead atoms. The van der Waals surface area contributed by atoms with E-state index in [9.17, 15) is 4.79 Å². The van der Waals surface area contributed by atoms with Crippen molar-refractivity contribution >= 4 is 11.9 Å². The van der Waals surface area contributed by atoms with Crippen LogP contribution in [-0.2, 0) is 14.3 Å². The van der Waals surface area contributed by atoms with Crippen LogP contribution < -0.4 is 0 Å². The largest absolute Gasteiger partial charge is 0.353 e. The van der Waals surface area contributed by atoms with Gasteiger partial charge >= 0.3 is 0 Å². The Morgan fingerprint density at radius 1 is 1.40 bits per heavy atom. The van der Waals surface area contributed by atoms with Crippen molar-refractivity contribution in [2.75, 3.05) is 6.61 Å². The molecule has 2 rings (SSSR count). The Morgan fingerprint density at radius 2 is 2.20 bits per heavy atom. The average Bonchev–Trinajstić information content (AvgIpc) is 2.48. The molecule has 20 heavy (non-hydrogen) atoms. The van der Waals surface area contributed by atoms with Gasteiger partial charge < -0.3 is 9.47 Å². The zero-order valence-corrected chi connectivity index (χ0v) is 12.0. The van der Waals surface area contributed by atoms with Gasteiger partial charge in [0.05, 0.1) is 0 Å². The minimum absolute atomic E-state index is 0.0527. The molecule has 0 N–H and O–H groups in total. The Kier molecular flexibility index (Phi) is 5.96. The number of ketones is 1. The van der Waals surface area contributed by atoms with Crippen molar-refractivity contribution in [2.24, 2.45) is 0 Å². The van der Waals surface area contributed by atoms with Gasteiger partial charge in [-0.15, -0.1) is 0 Å². The first-order valence-electron chi connectivity index (χ1n) is 7.25. The minimum Gasteiger partial charge on any atom is -0.353 e. The molecule has 2 atom stereocenters. The van der Waals surface area contributed by atoms with E-state index in [1.165, 1.54) is 0 Å². The molecule has 0 spiro atoms. The Morgan fingerprint density at radius 3 is 2.85 bits per heavy atom. The third kappa shape index (κ3) is 4.91. The summed E-state index contributed by atoms with van der Waals surface area (Å²) >= 11 is 0. The third-order valence-electron chi connectivity index (χ3n) is 3.37. The van der Waals surface area contributed by atoms with E-state index in [0.717, 1.165) is 31.4 Å². The molecule has 1 aromatic carbocycles. The first-order chi connectivity index (χ1) is 9.75. The Hall–Kier alpha value is -1.45. The summed E-state index contributed by atoms with van der Waals surface area (Å²) < 4.78 is 11.3. The van der Waals surface area contributed by atoms with Crippen molar-refractivity contribution in [3.63, 3.8) is 0 Å². The lowest BCUT2D eigenvalue weighted by atomic mass is 10.1. The summed E-state index contributed by atoms with van der Waals surface area (Å²) in [5.74, 6) is 0.0527. The van der Waals surface area contributed by atoms with Crippen molar-refractivity contribution in [1.82, 2.24) is 0 Å². The summed E-state index contributed by atoms with van der Waals surface area (Å²) in [6.07, 6.45) is 7.04. The number of rotatable bonds is 6. The van der Waals surface area contributed by atoms with E-state index < -0.39 is 6.10 Å². The highest BCUT2D eigenvalue weighted by Crippen LogP contribution is 2.17. The van der Waals surface area contributed by atoms with Crippen LogP contribution >= 0.6 is 0 Å². The highest BCUT2D eigenvalue weighted by Gasteiger charge is 2.21. The van der Waals surface area contributed by atoms with E-state index in [1.54, 1.807) is 6.92 Å². The maximum atomic E-state index is 11.6. The van der Waals surface area contributed by atoms with Gasteiger partial charge in [-0.3, -0.25) is 4.79 Å². The number of benzene rings is 1. The molecular weight excluding hydrogens is 252 g/mol. The molecule has 2 unspecified atom stereocenters. The summed E-state index contributed by atoms with van der Waals surface area (Å²) in [4.78, 5) is 11.6. The maximum Gasteiger partial charge on any atom is 0.158 e. The van der Waals surface area contributed by atoms with Crippen molar-refractivity contribution < 1.29 is 14.3 Å². The number of ether oxygens (including phenoxy) is 2. The number of hydrogen-bond donors (Lipinski definition) is 0.